The maximum absolute atomic E-state index is 6.50. The number of benzene rings is 3. The van der Waals surface area contributed by atoms with E-state index in [1.807, 2.05) is 72.8 Å². The Hall–Kier alpha value is -3.07. The molecule has 0 atom stereocenters. The summed E-state index contributed by atoms with van der Waals surface area (Å²) in [6.07, 6.45) is 0. The first-order valence-electron chi connectivity index (χ1n) is 10.4. The summed E-state index contributed by atoms with van der Waals surface area (Å²) < 4.78 is 13.2. The van der Waals surface area contributed by atoms with Crippen molar-refractivity contribution in [2.45, 2.75) is 18.3 Å². The molecule has 0 amide bonds. The minimum absolute atomic E-state index is 0.425. The molecule has 33 heavy (non-hydrogen) atoms. The van der Waals surface area contributed by atoms with E-state index in [4.69, 9.17) is 21.1 Å². The van der Waals surface area contributed by atoms with Gasteiger partial charge in [-0.15, -0.1) is 5.10 Å². The van der Waals surface area contributed by atoms with Gasteiger partial charge in [-0.25, -0.2) is 0 Å². The number of nitrogens with zero attached hydrogens (tertiary/aromatic N) is 4. The number of thioether (sulfide) groups is 1. The van der Waals surface area contributed by atoms with Crippen LogP contribution in [0.5, 0.6) is 11.5 Å². The monoisotopic (exact) mass is 481 g/mol. The van der Waals surface area contributed by atoms with E-state index in [0.717, 1.165) is 34.3 Å². The molecule has 0 aliphatic rings. The predicted molar refractivity (Wildman–Crippen MR) is 130 cm³/mol. The number of hydrogen-bond donors (Lipinski definition) is 1. The van der Waals surface area contributed by atoms with E-state index < -0.39 is 0 Å². The lowest BCUT2D eigenvalue weighted by molar-refractivity contribution is 0.284. The van der Waals surface area contributed by atoms with Gasteiger partial charge < -0.3 is 14.8 Å². The van der Waals surface area contributed by atoms with Gasteiger partial charge in [0.25, 0.3) is 0 Å². The molecule has 170 valence electrons. The molecule has 3 aromatic carbocycles. The Morgan fingerprint density at radius 2 is 1.76 bits per heavy atom. The van der Waals surface area contributed by atoms with Gasteiger partial charge in [0.15, 0.2) is 11.5 Å². The third-order valence-electron chi connectivity index (χ3n) is 4.80. The second-order valence-electron chi connectivity index (χ2n) is 7.12. The molecule has 0 bridgehead atoms. The van der Waals surface area contributed by atoms with Crippen LogP contribution in [0.15, 0.2) is 78.0 Å². The van der Waals surface area contributed by atoms with Crippen LogP contribution < -0.4 is 14.8 Å². The van der Waals surface area contributed by atoms with Crippen molar-refractivity contribution in [3.05, 3.63) is 88.9 Å². The summed E-state index contributed by atoms with van der Waals surface area (Å²) in [4.78, 5) is 0. The molecule has 0 saturated carbocycles. The molecule has 9 heteroatoms. The maximum atomic E-state index is 6.50. The van der Waals surface area contributed by atoms with Gasteiger partial charge in [0.2, 0.25) is 5.16 Å². The molecular formula is C24H24ClN5O2S. The number of rotatable bonds is 11. The predicted octanol–water partition coefficient (Wildman–Crippen LogP) is 4.79. The average molecular weight is 482 g/mol. The fraction of sp³-hybridized carbons (Fsp3) is 0.208. The second-order valence-corrected chi connectivity index (χ2v) is 8.59. The van der Waals surface area contributed by atoms with Crippen molar-refractivity contribution in [1.82, 2.24) is 25.5 Å². The first-order valence-corrected chi connectivity index (χ1v) is 11.8. The van der Waals surface area contributed by atoms with E-state index in [-0.39, 0.29) is 0 Å². The summed E-state index contributed by atoms with van der Waals surface area (Å²) in [5.41, 5.74) is 3.02. The van der Waals surface area contributed by atoms with Gasteiger partial charge in [-0.2, -0.15) is 4.68 Å². The van der Waals surface area contributed by atoms with Gasteiger partial charge in [-0.05, 0) is 45.8 Å². The van der Waals surface area contributed by atoms with Crippen molar-refractivity contribution in [2.75, 3.05) is 19.4 Å². The van der Waals surface area contributed by atoms with E-state index in [1.54, 1.807) is 23.6 Å². The van der Waals surface area contributed by atoms with E-state index >= 15 is 0 Å². The molecule has 0 saturated heterocycles. The molecular weight excluding hydrogens is 458 g/mol. The van der Waals surface area contributed by atoms with E-state index in [2.05, 4.69) is 20.8 Å². The zero-order valence-corrected chi connectivity index (χ0v) is 19.7. The first-order chi connectivity index (χ1) is 16.2. The number of tetrazole rings is 1. The summed E-state index contributed by atoms with van der Waals surface area (Å²) in [5.74, 6) is 1.98. The van der Waals surface area contributed by atoms with Gasteiger partial charge in [-0.1, -0.05) is 71.9 Å². The van der Waals surface area contributed by atoms with Crippen molar-refractivity contribution in [3.8, 4) is 17.2 Å². The minimum atomic E-state index is 0.425. The lowest BCUT2D eigenvalue weighted by Crippen LogP contribution is -2.17. The number of ether oxygens (including phenoxy) is 2. The van der Waals surface area contributed by atoms with Gasteiger partial charge in [0.05, 0.1) is 17.8 Å². The Morgan fingerprint density at radius 1 is 1.00 bits per heavy atom. The topological polar surface area (TPSA) is 74.1 Å². The quantitative estimate of drug-likeness (QED) is 0.244. The first kappa shape index (κ1) is 23.1. The Labute approximate surface area is 202 Å². The minimum Gasteiger partial charge on any atom is -0.493 e. The lowest BCUT2D eigenvalue weighted by atomic mass is 10.2. The zero-order chi connectivity index (χ0) is 22.9. The molecule has 1 N–H and O–H groups in total. The third-order valence-corrected chi connectivity index (χ3v) is 6.00. The van der Waals surface area contributed by atoms with Crippen LogP contribution in [0.4, 0.5) is 0 Å². The molecule has 7 nitrogen and oxygen atoms in total. The molecule has 0 aliphatic carbocycles. The van der Waals surface area contributed by atoms with E-state index in [0.29, 0.717) is 29.7 Å². The third kappa shape index (κ3) is 6.25. The number of aromatic nitrogens is 4. The average Bonchev–Trinajstić information content (AvgIpc) is 3.32. The van der Waals surface area contributed by atoms with Crippen LogP contribution in [0.25, 0.3) is 5.69 Å². The summed E-state index contributed by atoms with van der Waals surface area (Å²) in [7, 11) is 1.62. The van der Waals surface area contributed by atoms with Crippen LogP contribution in [-0.2, 0) is 13.2 Å². The van der Waals surface area contributed by atoms with Crippen molar-refractivity contribution in [1.29, 1.82) is 0 Å². The molecule has 0 spiro atoms. The zero-order valence-electron chi connectivity index (χ0n) is 18.1. The molecule has 1 aromatic heterocycles. The number of halogens is 1. The Balaban J connectivity index is 1.28. The van der Waals surface area contributed by atoms with Crippen LogP contribution in [0.1, 0.15) is 11.1 Å². The summed E-state index contributed by atoms with van der Waals surface area (Å²) >= 11 is 8.10. The Morgan fingerprint density at radius 3 is 2.52 bits per heavy atom. The summed E-state index contributed by atoms with van der Waals surface area (Å²) in [6, 6.07) is 23.6. The molecule has 4 aromatic rings. The molecule has 0 radical (unpaired) electrons. The van der Waals surface area contributed by atoms with Gasteiger partial charge >= 0.3 is 0 Å². The highest BCUT2D eigenvalue weighted by Crippen LogP contribution is 2.37. The Bertz CT molecular complexity index is 1160. The molecule has 4 rings (SSSR count). The Kier molecular flexibility index (Phi) is 8.19. The summed E-state index contributed by atoms with van der Waals surface area (Å²) in [5, 5.41) is 16.7. The van der Waals surface area contributed by atoms with Crippen molar-refractivity contribution < 1.29 is 9.47 Å². The fourth-order valence-electron chi connectivity index (χ4n) is 3.19. The van der Waals surface area contributed by atoms with Gasteiger partial charge in [0.1, 0.15) is 6.61 Å². The fourth-order valence-corrected chi connectivity index (χ4v) is 4.27. The maximum Gasteiger partial charge on any atom is 0.214 e. The molecule has 0 unspecified atom stereocenters. The summed E-state index contributed by atoms with van der Waals surface area (Å²) in [6.45, 7) is 1.85. The number of methoxy groups -OCH3 is 1. The second kappa shape index (κ2) is 11.7. The molecule has 0 fully saturated rings. The van der Waals surface area contributed by atoms with Crippen molar-refractivity contribution in [3.63, 3.8) is 0 Å². The van der Waals surface area contributed by atoms with Gasteiger partial charge in [-0.3, -0.25) is 0 Å². The SMILES string of the molecule is COc1cc(CNCCSc2nnnn2-c2ccccc2)cc(Cl)c1OCc1ccccc1. The van der Waals surface area contributed by atoms with Crippen LogP contribution in [0, 0.1) is 0 Å². The van der Waals surface area contributed by atoms with E-state index in [1.165, 1.54) is 0 Å². The van der Waals surface area contributed by atoms with Gasteiger partial charge in [0, 0.05) is 18.8 Å². The largest absolute Gasteiger partial charge is 0.493 e. The molecule has 1 heterocycles. The molecule has 0 aliphatic heterocycles. The van der Waals surface area contributed by atoms with Crippen LogP contribution in [0.2, 0.25) is 5.02 Å². The smallest absolute Gasteiger partial charge is 0.214 e. The highest BCUT2D eigenvalue weighted by molar-refractivity contribution is 7.99. The van der Waals surface area contributed by atoms with E-state index in [9.17, 15) is 0 Å². The number of hydrogen-bond acceptors (Lipinski definition) is 7. The standard InChI is InChI=1S/C24H24ClN5O2S/c1-31-22-15-19(14-21(25)23(22)32-17-18-8-4-2-5-9-18)16-26-12-13-33-24-27-28-29-30(24)20-10-6-3-7-11-20/h2-11,14-15,26H,12-13,16-17H2,1H3. The highest BCUT2D eigenvalue weighted by atomic mass is 35.5. The van der Waals surface area contributed by atoms with Crippen LogP contribution in [0.3, 0.4) is 0 Å². The van der Waals surface area contributed by atoms with Crippen molar-refractivity contribution >= 4 is 23.4 Å². The number of nitrogens with one attached hydrogen (secondary N) is 1. The van der Waals surface area contributed by atoms with Crippen molar-refractivity contribution in [2.24, 2.45) is 0 Å². The highest BCUT2D eigenvalue weighted by Gasteiger charge is 2.13. The van der Waals surface area contributed by atoms with Crippen LogP contribution in [-0.4, -0.2) is 39.6 Å². The number of para-hydroxylation sites is 1. The van der Waals surface area contributed by atoms with Crippen LogP contribution >= 0.6 is 23.4 Å². The normalized spacial score (nSPS) is 10.8. The lowest BCUT2D eigenvalue weighted by Gasteiger charge is -2.14.